The quantitative estimate of drug-likeness (QED) is 0.753. The Morgan fingerprint density at radius 1 is 1.28 bits per heavy atom. The highest BCUT2D eigenvalue weighted by molar-refractivity contribution is 6.04. The first-order valence-electron chi connectivity index (χ1n) is 6.78. The van der Waals surface area contributed by atoms with Crippen molar-refractivity contribution in [3.05, 3.63) is 0 Å². The van der Waals surface area contributed by atoms with Crippen molar-refractivity contribution in [3.63, 3.8) is 0 Å². The molecule has 100 valence electrons. The summed E-state index contributed by atoms with van der Waals surface area (Å²) < 4.78 is 0. The number of ketones is 1. The predicted octanol–water partition coefficient (Wildman–Crippen LogP) is 1.47. The monoisotopic (exact) mass is 252 g/mol. The van der Waals surface area contributed by atoms with Gasteiger partial charge in [-0.05, 0) is 25.7 Å². The molecule has 2 atom stereocenters. The van der Waals surface area contributed by atoms with E-state index in [-0.39, 0.29) is 29.7 Å². The van der Waals surface area contributed by atoms with E-state index in [2.05, 4.69) is 5.32 Å². The van der Waals surface area contributed by atoms with Gasteiger partial charge in [0, 0.05) is 18.9 Å². The van der Waals surface area contributed by atoms with E-state index < -0.39 is 0 Å². The summed E-state index contributed by atoms with van der Waals surface area (Å²) in [6, 6.07) is -0.661. The molecule has 1 heterocycles. The van der Waals surface area contributed by atoms with E-state index in [4.69, 9.17) is 0 Å². The van der Waals surface area contributed by atoms with Gasteiger partial charge < -0.3 is 5.32 Å². The van der Waals surface area contributed by atoms with Crippen LogP contribution >= 0.6 is 0 Å². The molecule has 5 heteroatoms. The summed E-state index contributed by atoms with van der Waals surface area (Å²) in [5, 5.41) is 2.69. The molecule has 1 saturated heterocycles. The van der Waals surface area contributed by atoms with E-state index in [0.717, 1.165) is 19.3 Å². The Morgan fingerprint density at radius 3 is 2.67 bits per heavy atom. The maximum absolute atomic E-state index is 11.9. The molecular weight excluding hydrogens is 232 g/mol. The van der Waals surface area contributed by atoms with Crippen LogP contribution in [0.1, 0.15) is 45.4 Å². The largest absolute Gasteiger partial charge is 0.326 e. The zero-order valence-electron chi connectivity index (χ0n) is 10.8. The molecule has 0 aromatic carbocycles. The Kier molecular flexibility index (Phi) is 3.99. The first-order valence-corrected chi connectivity index (χ1v) is 6.78. The maximum atomic E-state index is 11.9. The number of nitrogens with one attached hydrogen (secondary N) is 1. The summed E-state index contributed by atoms with van der Waals surface area (Å²) in [6.07, 6.45) is 4.68. The minimum atomic E-state index is -0.359. The molecule has 3 amide bonds. The molecule has 0 spiro atoms. The molecule has 2 unspecified atom stereocenters. The molecule has 0 bridgehead atoms. The number of carbonyl (C=O) groups excluding carboxylic acids is 3. The molecule has 0 radical (unpaired) electrons. The van der Waals surface area contributed by atoms with E-state index in [1.54, 1.807) is 0 Å². The van der Waals surface area contributed by atoms with Crippen molar-refractivity contribution in [2.45, 2.75) is 51.5 Å². The molecule has 0 aromatic heterocycles. The third-order valence-corrected chi connectivity index (χ3v) is 3.82. The number of imide groups is 1. The van der Waals surface area contributed by atoms with Gasteiger partial charge in [-0.3, -0.25) is 14.5 Å². The third kappa shape index (κ3) is 2.54. The van der Waals surface area contributed by atoms with Crippen molar-refractivity contribution in [2.24, 2.45) is 5.92 Å². The first-order chi connectivity index (χ1) is 8.63. The van der Waals surface area contributed by atoms with Crippen molar-refractivity contribution in [1.82, 2.24) is 10.2 Å². The van der Waals surface area contributed by atoms with Crippen LogP contribution in [0.2, 0.25) is 0 Å². The molecule has 1 saturated carbocycles. The zero-order valence-corrected chi connectivity index (χ0v) is 10.8. The van der Waals surface area contributed by atoms with Gasteiger partial charge in [-0.1, -0.05) is 13.3 Å². The van der Waals surface area contributed by atoms with Crippen LogP contribution in [0.4, 0.5) is 4.79 Å². The number of hydrogen-bond donors (Lipinski definition) is 1. The third-order valence-electron chi connectivity index (χ3n) is 3.82. The Bertz CT molecular complexity index is 367. The van der Waals surface area contributed by atoms with Gasteiger partial charge in [-0.25, -0.2) is 4.79 Å². The van der Waals surface area contributed by atoms with Crippen LogP contribution in [-0.4, -0.2) is 35.2 Å². The second-order valence-electron chi connectivity index (χ2n) is 5.12. The predicted molar refractivity (Wildman–Crippen MR) is 65.9 cm³/mol. The van der Waals surface area contributed by atoms with Crippen molar-refractivity contribution < 1.29 is 14.4 Å². The number of carbonyl (C=O) groups is 3. The number of nitrogens with zero attached hydrogens (tertiary/aromatic N) is 1. The molecule has 18 heavy (non-hydrogen) atoms. The van der Waals surface area contributed by atoms with Crippen LogP contribution in [0.25, 0.3) is 0 Å². The number of hydrogen-bond acceptors (Lipinski definition) is 3. The fourth-order valence-corrected chi connectivity index (χ4v) is 2.75. The van der Waals surface area contributed by atoms with Crippen molar-refractivity contribution >= 4 is 17.7 Å². The van der Waals surface area contributed by atoms with Gasteiger partial charge >= 0.3 is 6.03 Å². The highest BCUT2D eigenvalue weighted by atomic mass is 16.2. The van der Waals surface area contributed by atoms with Crippen LogP contribution in [0.5, 0.6) is 0 Å². The topological polar surface area (TPSA) is 66.5 Å². The Hall–Kier alpha value is -1.39. The fraction of sp³-hybridized carbons (Fsp3) is 0.769. The van der Waals surface area contributed by atoms with Gasteiger partial charge in [-0.2, -0.15) is 0 Å². The summed E-state index contributed by atoms with van der Waals surface area (Å²) in [5.74, 6) is 0.204. The molecule has 1 N–H and O–H groups in total. The molecule has 0 aromatic rings. The average molecular weight is 252 g/mol. The van der Waals surface area contributed by atoms with E-state index in [9.17, 15) is 14.4 Å². The molecule has 1 aliphatic carbocycles. The van der Waals surface area contributed by atoms with Crippen LogP contribution in [-0.2, 0) is 9.59 Å². The molecule has 2 aliphatic rings. The van der Waals surface area contributed by atoms with Crippen LogP contribution < -0.4 is 5.32 Å². The second kappa shape index (κ2) is 5.50. The lowest BCUT2D eigenvalue weighted by Gasteiger charge is -2.15. The average Bonchev–Trinajstić information content (AvgIpc) is 2.84. The van der Waals surface area contributed by atoms with Gasteiger partial charge in [0.05, 0.1) is 0 Å². The summed E-state index contributed by atoms with van der Waals surface area (Å²) in [5.41, 5.74) is 0. The van der Waals surface area contributed by atoms with Crippen molar-refractivity contribution in [1.29, 1.82) is 0 Å². The molecule has 2 rings (SSSR count). The normalized spacial score (nSPS) is 28.1. The van der Waals surface area contributed by atoms with Gasteiger partial charge in [0.15, 0.2) is 0 Å². The standard InChI is InChI=1S/C13H20N2O3/c1-2-4-10-12(17)15(13(18)14-10)8-7-9-5-3-6-11(9)16/h9-10H,2-8H2,1H3,(H,14,18). The lowest BCUT2D eigenvalue weighted by molar-refractivity contribution is -0.128. The molecule has 5 nitrogen and oxygen atoms in total. The molecule has 2 fully saturated rings. The minimum Gasteiger partial charge on any atom is -0.326 e. The smallest absolute Gasteiger partial charge is 0.324 e. The number of urea groups is 1. The summed E-state index contributed by atoms with van der Waals surface area (Å²) in [6.45, 7) is 2.36. The summed E-state index contributed by atoms with van der Waals surface area (Å²) >= 11 is 0. The number of Topliss-reactive ketones (excluding diaryl/α,β-unsaturated/α-hetero) is 1. The van der Waals surface area contributed by atoms with E-state index in [1.807, 2.05) is 6.92 Å². The van der Waals surface area contributed by atoms with Gasteiger partial charge in [0.25, 0.3) is 5.91 Å². The molecule has 1 aliphatic heterocycles. The Morgan fingerprint density at radius 2 is 2.06 bits per heavy atom. The Labute approximate surface area is 107 Å². The van der Waals surface area contributed by atoms with E-state index in [1.165, 1.54) is 4.90 Å². The van der Waals surface area contributed by atoms with E-state index >= 15 is 0 Å². The van der Waals surface area contributed by atoms with Crippen LogP contribution in [0.15, 0.2) is 0 Å². The van der Waals surface area contributed by atoms with Crippen LogP contribution in [0.3, 0.4) is 0 Å². The highest BCUT2D eigenvalue weighted by Gasteiger charge is 2.37. The van der Waals surface area contributed by atoms with E-state index in [0.29, 0.717) is 25.8 Å². The molecular formula is C13H20N2O3. The Balaban J connectivity index is 1.87. The van der Waals surface area contributed by atoms with Crippen LogP contribution in [0, 0.1) is 5.92 Å². The maximum Gasteiger partial charge on any atom is 0.324 e. The lowest BCUT2D eigenvalue weighted by atomic mass is 10.0. The minimum absolute atomic E-state index is 0.0517. The number of amides is 3. The zero-order chi connectivity index (χ0) is 13.1. The van der Waals surface area contributed by atoms with Gasteiger partial charge in [-0.15, -0.1) is 0 Å². The lowest BCUT2D eigenvalue weighted by Crippen LogP contribution is -2.33. The second-order valence-corrected chi connectivity index (χ2v) is 5.12. The van der Waals surface area contributed by atoms with Crippen molar-refractivity contribution in [2.75, 3.05) is 6.54 Å². The van der Waals surface area contributed by atoms with Gasteiger partial charge in [0.2, 0.25) is 0 Å². The van der Waals surface area contributed by atoms with Gasteiger partial charge in [0.1, 0.15) is 11.8 Å². The van der Waals surface area contributed by atoms with Crippen molar-refractivity contribution in [3.8, 4) is 0 Å². The SMILES string of the molecule is CCCC1NC(=O)N(CCC2CCCC2=O)C1=O. The number of rotatable bonds is 5. The summed E-state index contributed by atoms with van der Waals surface area (Å²) in [7, 11) is 0. The highest BCUT2D eigenvalue weighted by Crippen LogP contribution is 2.25. The first kappa shape index (κ1) is 13.1. The fourth-order valence-electron chi connectivity index (χ4n) is 2.75. The summed E-state index contributed by atoms with van der Waals surface area (Å²) in [4.78, 5) is 36.4.